The van der Waals surface area contributed by atoms with Crippen molar-refractivity contribution < 1.29 is 73.6 Å². The van der Waals surface area contributed by atoms with E-state index in [1.54, 1.807) is 30.3 Å². The molecule has 0 radical (unpaired) electrons. The molecule has 24 nitrogen and oxygen atoms in total. The van der Waals surface area contributed by atoms with E-state index in [-0.39, 0.29) is 40.1 Å². The number of phosphoric ester groups is 1. The number of halogens is 2. The molecule has 0 aliphatic carbocycles. The molecule has 74 heavy (non-hydrogen) atoms. The molecule has 10 atom stereocenters. The van der Waals surface area contributed by atoms with E-state index in [4.69, 9.17) is 36.1 Å². The van der Waals surface area contributed by atoms with E-state index in [0.29, 0.717) is 5.56 Å². The number of carbonyl (C=O) groups is 1. The van der Waals surface area contributed by atoms with Gasteiger partial charge in [-0.25, -0.2) is 33.3 Å². The van der Waals surface area contributed by atoms with E-state index in [1.807, 2.05) is 61.5 Å². The van der Waals surface area contributed by atoms with Crippen molar-refractivity contribution in [1.82, 2.24) is 33.6 Å². The van der Waals surface area contributed by atoms with Gasteiger partial charge in [0, 0.05) is 18.8 Å². The number of phosphoric acid groups is 1. The molecule has 2 saturated heterocycles. The van der Waals surface area contributed by atoms with Gasteiger partial charge in [-0.1, -0.05) is 73.6 Å². The van der Waals surface area contributed by atoms with Gasteiger partial charge < -0.3 is 51.8 Å². The van der Waals surface area contributed by atoms with Gasteiger partial charge in [-0.15, -0.1) is 0 Å². The number of anilines is 1. The average molecular weight is 1110 g/mol. The zero-order chi connectivity index (χ0) is 54.0. The van der Waals surface area contributed by atoms with Crippen molar-refractivity contribution in [3.8, 4) is 6.07 Å². The number of fused-ring (bicyclic) bond motifs is 2. The number of aryl methyl sites for hydroxylation is 1. The van der Waals surface area contributed by atoms with Gasteiger partial charge in [0.05, 0.1) is 45.0 Å². The predicted molar refractivity (Wildman–Crippen MR) is 265 cm³/mol. The summed E-state index contributed by atoms with van der Waals surface area (Å²) in [6, 6.07) is 10.1. The highest BCUT2D eigenvalue weighted by molar-refractivity contribution is 7.48. The van der Waals surface area contributed by atoms with Gasteiger partial charge in [0.15, 0.2) is 47.1 Å². The molecule has 2 fully saturated rings. The Morgan fingerprint density at radius 2 is 1.61 bits per heavy atom. The van der Waals surface area contributed by atoms with Gasteiger partial charge in [-0.3, -0.25) is 32.3 Å². The Kier molecular flexibility index (Phi) is 18.1. The number of hydrogen-bond donors (Lipinski definition) is 4. The number of nitrogens with zero attached hydrogens (tertiary/aromatic N) is 8. The van der Waals surface area contributed by atoms with Crippen LogP contribution in [0.3, 0.4) is 0 Å². The van der Waals surface area contributed by atoms with Crippen LogP contribution < -0.4 is 10.9 Å². The lowest BCUT2D eigenvalue weighted by atomic mass is 10.1. The lowest BCUT2D eigenvalue weighted by Crippen LogP contribution is -2.62. The Balaban J connectivity index is 1.27. The Hall–Kier alpha value is -4.54. The molecule has 1 amide bonds. The molecule has 5 aromatic rings. The fraction of sp³-hybridized carbons (Fsp3) is 0.568. The maximum absolute atomic E-state index is 16.7. The minimum absolute atomic E-state index is 0.0225. The topological polar surface area (TPSA) is 305 Å². The standard InChI is InChI=1S/C44H61F2N9O15P2Si2/c1-24(2)73(62,25(3)4)70-74(26(5)6,27(7)8)69-36-30(19-56)65-44(54-18-29(45)32-39(54)51-22-53(9)42(32)58)37(36)68-72(61,63-17-13-16-47)64-20-31-35(67-71(59)60)33(46)43(66-31)55-23-50-34-38(48-21-49-40(34)55)52-41(57)28-14-11-10-12-15-28/h10-12,14-15,18,21-27,30-31,33,35-37,43-44,56,62,71H,13,17,19-20H2,1-9H3,(H,59,60)(H,48,49,52,57)/t30?,31?,33-,35-,36-,37-,43-,44-,72?/m1/s1. The van der Waals surface area contributed by atoms with Gasteiger partial charge in [0.2, 0.25) is 0 Å². The molecule has 0 bridgehead atoms. The van der Waals surface area contributed by atoms with Crippen LogP contribution in [-0.2, 0) is 52.3 Å². The minimum atomic E-state index is -5.21. The molecule has 2 aliphatic heterocycles. The summed E-state index contributed by atoms with van der Waals surface area (Å²) in [5.41, 5.74) is -2.21. The summed E-state index contributed by atoms with van der Waals surface area (Å²) in [5, 5.41) is 22.7. The molecule has 4 N–H and O–H groups in total. The molecule has 4 aromatic heterocycles. The van der Waals surface area contributed by atoms with Gasteiger partial charge in [-0.05, 0) is 34.3 Å². The van der Waals surface area contributed by atoms with Crippen molar-refractivity contribution in [2.45, 2.75) is 133 Å². The first kappa shape index (κ1) is 57.2. The highest BCUT2D eigenvalue weighted by Gasteiger charge is 2.60. The summed E-state index contributed by atoms with van der Waals surface area (Å²) in [7, 11) is -15.2. The Morgan fingerprint density at radius 3 is 2.23 bits per heavy atom. The van der Waals surface area contributed by atoms with E-state index in [9.17, 15) is 34.2 Å². The van der Waals surface area contributed by atoms with E-state index in [0.717, 1.165) is 38.9 Å². The zero-order valence-corrected chi connectivity index (χ0v) is 45.9. The first-order valence-electron chi connectivity index (χ1n) is 23.8. The second-order valence-electron chi connectivity index (χ2n) is 19.0. The molecule has 7 rings (SSSR count). The number of ether oxygens (including phenoxy) is 2. The number of aliphatic hydroxyl groups is 1. The number of aliphatic hydroxyl groups excluding tert-OH is 1. The Bertz CT molecular complexity index is 2950. The third kappa shape index (κ3) is 11.4. The van der Waals surface area contributed by atoms with Crippen molar-refractivity contribution >= 4 is 67.1 Å². The molecule has 4 unspecified atom stereocenters. The van der Waals surface area contributed by atoms with Crippen molar-refractivity contribution in [2.24, 2.45) is 7.05 Å². The molecule has 0 spiro atoms. The SMILES string of the molecule is CC(C)[Si](O)(O[Si](O[C@@H]1C(CO)O[C@@H](n2cc(F)c3c(=O)n(C)cnc32)[C@@H]1OP(=O)(OCCC#N)OCC1O[C@@H](n2cnc3c(NC(=O)c4ccccc4)ncnc32)[C@H](F)[C@@H]1O[PH](=O)O)(C(C)C)C(C)C)C(C)C. The van der Waals surface area contributed by atoms with Gasteiger partial charge >= 0.3 is 33.2 Å². The van der Waals surface area contributed by atoms with Crippen molar-refractivity contribution in [3.05, 3.63) is 77.2 Å². The van der Waals surface area contributed by atoms with Crippen LogP contribution in [-0.4, -0.2) is 128 Å². The van der Waals surface area contributed by atoms with Crippen molar-refractivity contribution in [3.63, 3.8) is 0 Å². The van der Waals surface area contributed by atoms with Crippen molar-refractivity contribution in [2.75, 3.05) is 25.1 Å². The Labute approximate surface area is 426 Å². The van der Waals surface area contributed by atoms with Gasteiger partial charge in [-0.2, -0.15) is 5.26 Å². The molecular weight excluding hydrogens is 1050 g/mol. The Morgan fingerprint density at radius 1 is 0.932 bits per heavy atom. The molecule has 30 heteroatoms. The molecular formula is C44H61F2N9O15P2Si2. The van der Waals surface area contributed by atoms with E-state index < -0.39 is 136 Å². The summed E-state index contributed by atoms with van der Waals surface area (Å²) < 4.78 is 113. The first-order valence-corrected chi connectivity index (χ1v) is 30.5. The molecule has 404 valence electrons. The molecule has 2 aliphatic rings. The van der Waals surface area contributed by atoms with Crippen molar-refractivity contribution in [1.29, 1.82) is 5.26 Å². The summed E-state index contributed by atoms with van der Waals surface area (Å²) in [6.45, 7) is 12.4. The molecule has 1 aromatic carbocycles. The number of imidazole rings is 1. The predicted octanol–water partition coefficient (Wildman–Crippen LogP) is 6.22. The van der Waals surface area contributed by atoms with Crippen LogP contribution in [0, 0.1) is 17.1 Å². The average Bonchev–Trinajstić information content (AvgIpc) is 4.11. The van der Waals surface area contributed by atoms with Crippen LogP contribution in [0.4, 0.5) is 14.6 Å². The number of rotatable bonds is 23. The fourth-order valence-electron chi connectivity index (χ4n) is 9.10. The van der Waals surface area contributed by atoms with Gasteiger partial charge in [0.25, 0.3) is 11.5 Å². The number of nitrogens with one attached hydrogen (secondary N) is 1. The highest BCUT2D eigenvalue weighted by atomic mass is 31.2. The summed E-state index contributed by atoms with van der Waals surface area (Å²) >= 11 is 0. The lowest BCUT2D eigenvalue weighted by molar-refractivity contribution is -0.0615. The normalized spacial score (nSPS) is 23.9. The number of benzene rings is 1. The summed E-state index contributed by atoms with van der Waals surface area (Å²) in [6.07, 6.45) is -9.91. The van der Waals surface area contributed by atoms with Gasteiger partial charge in [0.1, 0.15) is 42.2 Å². The lowest BCUT2D eigenvalue weighted by Gasteiger charge is -2.47. The summed E-state index contributed by atoms with van der Waals surface area (Å²) in [4.78, 5) is 65.5. The summed E-state index contributed by atoms with van der Waals surface area (Å²) in [5.74, 6) is -1.57. The number of amides is 1. The quantitative estimate of drug-likeness (QED) is 0.0321. The van der Waals surface area contributed by atoms with Crippen LogP contribution in [0.2, 0.25) is 22.2 Å². The maximum Gasteiger partial charge on any atom is 0.475 e. The number of carbonyl (C=O) groups excluding carboxylic acids is 1. The maximum atomic E-state index is 16.7. The second-order valence-corrected chi connectivity index (χ2v) is 30.1. The largest absolute Gasteiger partial charge is 0.475 e. The van der Waals surface area contributed by atoms with Crippen LogP contribution in [0.15, 0.2) is 60.3 Å². The first-order chi connectivity index (χ1) is 35.0. The van der Waals surface area contributed by atoms with E-state index in [1.165, 1.54) is 7.05 Å². The van der Waals surface area contributed by atoms with Crippen LogP contribution in [0.5, 0.6) is 0 Å². The number of nitriles is 1. The van der Waals surface area contributed by atoms with E-state index >= 15 is 13.3 Å². The number of alkyl halides is 1. The number of hydrogen-bond acceptors (Lipinski definition) is 19. The third-order valence-corrected chi connectivity index (χ3v) is 24.7. The van der Waals surface area contributed by atoms with Crippen LogP contribution in [0.1, 0.15) is 84.6 Å². The van der Waals surface area contributed by atoms with Crippen LogP contribution >= 0.6 is 16.1 Å². The molecule has 0 saturated carbocycles. The fourth-order valence-corrected chi connectivity index (χ4v) is 20.9. The third-order valence-electron chi connectivity index (χ3n) is 13.0. The zero-order valence-electron chi connectivity index (χ0n) is 42.0. The smallest absolute Gasteiger partial charge is 0.414 e. The van der Waals surface area contributed by atoms with E-state index in [2.05, 4.69) is 25.3 Å². The minimum Gasteiger partial charge on any atom is -0.414 e. The molecule has 6 heterocycles. The highest BCUT2D eigenvalue weighted by Crippen LogP contribution is 2.56. The van der Waals surface area contributed by atoms with Crippen LogP contribution in [0.25, 0.3) is 22.2 Å². The second kappa shape index (κ2) is 23.4. The monoisotopic (exact) mass is 1110 g/mol. The number of aromatic nitrogens is 7.